The molecule has 4 nitrogen and oxygen atoms in total. The fourth-order valence-electron chi connectivity index (χ4n) is 1.27. The second-order valence-corrected chi connectivity index (χ2v) is 4.54. The molecule has 1 N–H and O–H groups in total. The molecule has 0 saturated heterocycles. The van der Waals surface area contributed by atoms with E-state index in [4.69, 9.17) is 5.11 Å². The number of hydrogen-bond donors (Lipinski definition) is 1. The topological polar surface area (TPSA) is 59.4 Å². The van der Waals surface area contributed by atoms with Gasteiger partial charge in [0.1, 0.15) is 5.56 Å². The van der Waals surface area contributed by atoms with Crippen LogP contribution < -0.4 is 4.74 Å². The van der Waals surface area contributed by atoms with E-state index in [1.807, 2.05) is 0 Å². The maximum atomic E-state index is 12.8. The lowest BCUT2D eigenvalue weighted by molar-refractivity contribution is -0.276. The SMILES string of the molecule is O=C(O)Cc1ncc(I)c(C(F)(F)F)c1OC(F)(F)F. The van der Waals surface area contributed by atoms with Gasteiger partial charge in [-0.15, -0.1) is 13.2 Å². The van der Waals surface area contributed by atoms with Gasteiger partial charge in [-0.1, -0.05) is 0 Å². The molecule has 0 unspecified atom stereocenters. The van der Waals surface area contributed by atoms with Gasteiger partial charge in [0.25, 0.3) is 0 Å². The molecule has 0 saturated carbocycles. The fourth-order valence-corrected chi connectivity index (χ4v) is 1.96. The number of carbonyl (C=O) groups is 1. The molecule has 112 valence electrons. The van der Waals surface area contributed by atoms with Crippen LogP contribution in [0.1, 0.15) is 11.3 Å². The molecule has 1 aromatic rings. The first kappa shape index (κ1) is 16.8. The Hall–Kier alpha value is -1.27. The summed E-state index contributed by atoms with van der Waals surface area (Å²) in [5.41, 5.74) is -2.66. The molecule has 20 heavy (non-hydrogen) atoms. The van der Waals surface area contributed by atoms with Gasteiger partial charge in [-0.25, -0.2) is 0 Å². The van der Waals surface area contributed by atoms with Crippen LogP contribution in [0.25, 0.3) is 0 Å². The van der Waals surface area contributed by atoms with Crippen LogP contribution in [-0.2, 0) is 17.4 Å². The smallest absolute Gasteiger partial charge is 0.481 e. The van der Waals surface area contributed by atoms with Crippen LogP contribution in [0.2, 0.25) is 0 Å². The molecule has 0 spiro atoms. The normalized spacial score (nSPS) is 12.3. The number of hydrogen-bond acceptors (Lipinski definition) is 3. The van der Waals surface area contributed by atoms with Crippen LogP contribution >= 0.6 is 22.6 Å². The Balaban J connectivity index is 3.51. The molecule has 1 heterocycles. The van der Waals surface area contributed by atoms with E-state index >= 15 is 0 Å². The van der Waals surface area contributed by atoms with Gasteiger partial charge in [-0.3, -0.25) is 9.78 Å². The first-order chi connectivity index (χ1) is 8.92. The molecular weight excluding hydrogens is 411 g/mol. The van der Waals surface area contributed by atoms with E-state index in [0.717, 1.165) is 22.6 Å². The summed E-state index contributed by atoms with van der Waals surface area (Å²) in [6.45, 7) is 0. The molecule has 1 aromatic heterocycles. The minimum Gasteiger partial charge on any atom is -0.481 e. The third-order valence-electron chi connectivity index (χ3n) is 1.88. The number of alkyl halides is 6. The van der Waals surface area contributed by atoms with Crippen LogP contribution in [0.5, 0.6) is 5.75 Å². The summed E-state index contributed by atoms with van der Waals surface area (Å²) in [4.78, 5) is 13.7. The standard InChI is InChI=1S/C9H4F6INO3/c10-8(11,12)6-3(16)2-17-4(1-5(18)19)7(6)20-9(13,14)15/h2H,1H2,(H,18,19). The number of ether oxygens (including phenoxy) is 1. The third-order valence-corrected chi connectivity index (χ3v) is 2.70. The van der Waals surface area contributed by atoms with Crippen LogP contribution in [0, 0.1) is 3.57 Å². The van der Waals surface area contributed by atoms with Crippen LogP contribution in [0.15, 0.2) is 6.20 Å². The van der Waals surface area contributed by atoms with Gasteiger partial charge < -0.3 is 9.84 Å². The molecule has 1 rings (SSSR count). The molecule has 0 radical (unpaired) electrons. The number of halogens is 7. The highest BCUT2D eigenvalue weighted by molar-refractivity contribution is 14.1. The molecule has 0 aliphatic carbocycles. The number of aromatic nitrogens is 1. The van der Waals surface area contributed by atoms with E-state index in [0.29, 0.717) is 6.20 Å². The fraction of sp³-hybridized carbons (Fsp3) is 0.333. The Labute approximate surface area is 120 Å². The highest BCUT2D eigenvalue weighted by Gasteiger charge is 2.43. The first-order valence-corrected chi connectivity index (χ1v) is 5.72. The van der Waals surface area contributed by atoms with Crippen molar-refractivity contribution < 1.29 is 41.0 Å². The van der Waals surface area contributed by atoms with Gasteiger partial charge >= 0.3 is 18.5 Å². The van der Waals surface area contributed by atoms with E-state index in [1.54, 1.807) is 0 Å². The van der Waals surface area contributed by atoms with Crippen molar-refractivity contribution >= 4 is 28.6 Å². The zero-order valence-corrected chi connectivity index (χ0v) is 11.3. The zero-order chi connectivity index (χ0) is 15.7. The predicted molar refractivity (Wildman–Crippen MR) is 60.0 cm³/mol. The Bertz CT molecular complexity index is 528. The molecule has 0 aliphatic heterocycles. The molecule has 11 heteroatoms. The molecule has 0 fully saturated rings. The van der Waals surface area contributed by atoms with Crippen molar-refractivity contribution in [3.05, 3.63) is 21.0 Å². The highest BCUT2D eigenvalue weighted by atomic mass is 127. The number of pyridine rings is 1. The summed E-state index contributed by atoms with van der Waals surface area (Å²) in [6, 6.07) is 0. The van der Waals surface area contributed by atoms with E-state index < -0.39 is 45.5 Å². The van der Waals surface area contributed by atoms with Crippen molar-refractivity contribution in [3.63, 3.8) is 0 Å². The van der Waals surface area contributed by atoms with Gasteiger partial charge in [0.05, 0.1) is 12.1 Å². The minimum absolute atomic E-state index is 0.630. The van der Waals surface area contributed by atoms with E-state index in [1.165, 1.54) is 0 Å². The second kappa shape index (κ2) is 5.61. The van der Waals surface area contributed by atoms with E-state index in [9.17, 15) is 31.1 Å². The monoisotopic (exact) mass is 415 g/mol. The zero-order valence-electron chi connectivity index (χ0n) is 9.14. The Morgan fingerprint density at radius 3 is 2.25 bits per heavy atom. The lowest BCUT2D eigenvalue weighted by Gasteiger charge is -2.18. The quantitative estimate of drug-likeness (QED) is 0.609. The van der Waals surface area contributed by atoms with Crippen molar-refractivity contribution in [1.82, 2.24) is 4.98 Å². The van der Waals surface area contributed by atoms with E-state index in [2.05, 4.69) is 9.72 Å². The Kier molecular flexibility index (Phi) is 4.71. The minimum atomic E-state index is -5.40. The molecule has 0 aliphatic rings. The largest absolute Gasteiger partial charge is 0.573 e. The van der Waals surface area contributed by atoms with Crippen molar-refractivity contribution in [2.45, 2.75) is 19.0 Å². The summed E-state index contributed by atoms with van der Waals surface area (Å²) < 4.78 is 77.6. The Morgan fingerprint density at radius 1 is 1.30 bits per heavy atom. The van der Waals surface area contributed by atoms with Crippen molar-refractivity contribution in [1.29, 1.82) is 0 Å². The summed E-state index contributed by atoms with van der Waals surface area (Å²) in [7, 11) is 0. The van der Waals surface area contributed by atoms with Crippen LogP contribution in [0.4, 0.5) is 26.3 Å². The van der Waals surface area contributed by atoms with E-state index in [-0.39, 0.29) is 0 Å². The number of carboxylic acid groups (broad SMARTS) is 1. The van der Waals surface area contributed by atoms with Crippen LogP contribution in [0.3, 0.4) is 0 Å². The predicted octanol–water partition coefficient (Wildman–Crippen LogP) is 3.23. The van der Waals surface area contributed by atoms with Gasteiger partial charge in [0, 0.05) is 9.77 Å². The first-order valence-electron chi connectivity index (χ1n) is 4.64. The average Bonchev–Trinajstić information content (AvgIpc) is 2.17. The molecule has 0 amide bonds. The molecule has 0 aromatic carbocycles. The lowest BCUT2D eigenvalue weighted by Crippen LogP contribution is -2.23. The summed E-state index contributed by atoms with van der Waals surface area (Å²) >= 11 is 1.14. The van der Waals surface area contributed by atoms with Crippen LogP contribution in [-0.4, -0.2) is 22.4 Å². The number of nitrogens with zero attached hydrogens (tertiary/aromatic N) is 1. The maximum Gasteiger partial charge on any atom is 0.573 e. The third kappa shape index (κ3) is 4.38. The van der Waals surface area contributed by atoms with Gasteiger partial charge in [-0.05, 0) is 22.6 Å². The molecular formula is C9H4F6INO3. The second-order valence-electron chi connectivity index (χ2n) is 3.37. The summed E-state index contributed by atoms with van der Waals surface area (Å²) in [5.74, 6) is -3.28. The molecule has 0 bridgehead atoms. The maximum absolute atomic E-state index is 12.8. The lowest BCUT2D eigenvalue weighted by atomic mass is 10.1. The Morgan fingerprint density at radius 2 is 1.85 bits per heavy atom. The number of carboxylic acids is 1. The molecule has 0 atom stereocenters. The highest BCUT2D eigenvalue weighted by Crippen LogP contribution is 2.42. The van der Waals surface area contributed by atoms with Crippen molar-refractivity contribution in [3.8, 4) is 5.75 Å². The van der Waals surface area contributed by atoms with Gasteiger partial charge in [-0.2, -0.15) is 13.2 Å². The average molecular weight is 415 g/mol. The number of aliphatic carboxylic acids is 1. The summed E-state index contributed by atoms with van der Waals surface area (Å²) in [5, 5.41) is 8.49. The van der Waals surface area contributed by atoms with Gasteiger partial charge in [0.15, 0.2) is 5.75 Å². The summed E-state index contributed by atoms with van der Waals surface area (Å²) in [6.07, 6.45) is -11.1. The number of rotatable bonds is 3. The van der Waals surface area contributed by atoms with Gasteiger partial charge in [0.2, 0.25) is 0 Å². The van der Waals surface area contributed by atoms with Crippen molar-refractivity contribution in [2.75, 3.05) is 0 Å². The van der Waals surface area contributed by atoms with Crippen molar-refractivity contribution in [2.24, 2.45) is 0 Å².